The average Bonchev–Trinajstić information content (AvgIpc) is 3.13. The fourth-order valence-corrected chi connectivity index (χ4v) is 3.65. The molecule has 7 heteroatoms. The van der Waals surface area contributed by atoms with Crippen molar-refractivity contribution in [2.24, 2.45) is 0 Å². The molecule has 0 spiro atoms. The normalized spacial score (nSPS) is 11.4. The number of H-pyrrole nitrogens is 1. The Balaban J connectivity index is 1.87. The van der Waals surface area contributed by atoms with Crippen molar-refractivity contribution in [3.05, 3.63) is 75.4 Å². The molecular weight excluding hydrogens is 388 g/mol. The zero-order valence-corrected chi connectivity index (χ0v) is 16.4. The van der Waals surface area contributed by atoms with Crippen molar-refractivity contribution in [3.8, 4) is 22.7 Å². The van der Waals surface area contributed by atoms with Crippen molar-refractivity contribution in [3.63, 3.8) is 0 Å². The van der Waals surface area contributed by atoms with Gasteiger partial charge in [-0.25, -0.2) is 9.97 Å². The number of furan rings is 1. The van der Waals surface area contributed by atoms with Crippen LogP contribution in [-0.4, -0.2) is 19.9 Å². The number of fused-ring (bicyclic) bond motifs is 2. The molecule has 0 saturated carbocycles. The highest BCUT2D eigenvalue weighted by atomic mass is 35.5. The maximum Gasteiger partial charge on any atom is 0.209 e. The van der Waals surface area contributed by atoms with E-state index in [0.717, 1.165) is 22.3 Å². The quantitative estimate of drug-likeness (QED) is 0.446. The van der Waals surface area contributed by atoms with Gasteiger partial charge in [-0.15, -0.1) is 0 Å². The van der Waals surface area contributed by atoms with Gasteiger partial charge in [0.2, 0.25) is 5.43 Å². The van der Waals surface area contributed by atoms with Gasteiger partial charge in [-0.3, -0.25) is 9.78 Å². The summed E-state index contributed by atoms with van der Waals surface area (Å²) in [6, 6.07) is 10.9. The maximum atomic E-state index is 12.4. The molecule has 0 saturated heterocycles. The number of hydrogen-bond donors (Lipinski definition) is 1. The minimum Gasteiger partial charge on any atom is -0.460 e. The molecule has 0 atom stereocenters. The first kappa shape index (κ1) is 17.6. The zero-order valence-electron chi connectivity index (χ0n) is 15.7. The highest BCUT2D eigenvalue weighted by molar-refractivity contribution is 6.35. The number of benzene rings is 1. The van der Waals surface area contributed by atoms with Crippen molar-refractivity contribution < 1.29 is 4.42 Å². The number of aryl methyl sites for hydroxylation is 2. The second kappa shape index (κ2) is 6.53. The Morgan fingerprint density at radius 3 is 2.66 bits per heavy atom. The molecule has 142 valence electrons. The van der Waals surface area contributed by atoms with Gasteiger partial charge in [-0.1, -0.05) is 11.6 Å². The van der Waals surface area contributed by atoms with Crippen LogP contribution >= 0.6 is 11.6 Å². The third kappa shape index (κ3) is 2.98. The van der Waals surface area contributed by atoms with Crippen LogP contribution in [0, 0.1) is 13.8 Å². The summed E-state index contributed by atoms with van der Waals surface area (Å²) in [5.41, 5.74) is 3.97. The minimum atomic E-state index is -0.209. The molecule has 0 aliphatic rings. The van der Waals surface area contributed by atoms with E-state index in [-0.39, 0.29) is 10.9 Å². The Morgan fingerprint density at radius 2 is 1.86 bits per heavy atom. The van der Waals surface area contributed by atoms with Crippen molar-refractivity contribution in [1.82, 2.24) is 19.9 Å². The third-order valence-corrected chi connectivity index (χ3v) is 4.99. The summed E-state index contributed by atoms with van der Waals surface area (Å²) >= 11 is 6.51. The van der Waals surface area contributed by atoms with Gasteiger partial charge in [0.05, 0.1) is 10.5 Å². The first-order valence-corrected chi connectivity index (χ1v) is 9.40. The van der Waals surface area contributed by atoms with E-state index in [0.29, 0.717) is 33.3 Å². The molecule has 4 aromatic heterocycles. The standard InChI is InChI=1S/C22H15ClN4O2/c1-11-7-13-8-14(9-15(23)18(13)25-10-11)19-21(17-4-3-12(2)29-17)27-22-20(26-19)16(28)5-6-24-22/h3-10H,1-2H3,(H,24,27,28). The van der Waals surface area contributed by atoms with E-state index in [4.69, 9.17) is 16.0 Å². The number of halogens is 1. The van der Waals surface area contributed by atoms with Gasteiger partial charge in [0, 0.05) is 29.4 Å². The third-order valence-electron chi connectivity index (χ3n) is 4.70. The number of hydrogen-bond acceptors (Lipinski definition) is 5. The lowest BCUT2D eigenvalue weighted by molar-refractivity contribution is 0.546. The largest absolute Gasteiger partial charge is 0.460 e. The van der Waals surface area contributed by atoms with E-state index in [1.807, 2.05) is 38.1 Å². The Morgan fingerprint density at radius 1 is 1.00 bits per heavy atom. The molecule has 6 nitrogen and oxygen atoms in total. The predicted molar refractivity (Wildman–Crippen MR) is 113 cm³/mol. The first-order valence-electron chi connectivity index (χ1n) is 9.02. The second-order valence-corrected chi connectivity index (χ2v) is 7.32. The first-order chi connectivity index (χ1) is 14.0. The Bertz CT molecular complexity index is 1470. The van der Waals surface area contributed by atoms with Gasteiger partial charge in [-0.05, 0) is 49.7 Å². The molecule has 0 aliphatic carbocycles. The van der Waals surface area contributed by atoms with Crippen molar-refractivity contribution in [2.45, 2.75) is 13.8 Å². The van der Waals surface area contributed by atoms with Crippen molar-refractivity contribution in [2.75, 3.05) is 0 Å². The van der Waals surface area contributed by atoms with Crippen LogP contribution in [0.2, 0.25) is 5.02 Å². The number of aromatic nitrogens is 4. The lowest BCUT2D eigenvalue weighted by atomic mass is 10.0. The Kier molecular flexibility index (Phi) is 3.96. The highest BCUT2D eigenvalue weighted by Gasteiger charge is 2.18. The molecule has 0 amide bonds. The molecule has 5 aromatic rings. The minimum absolute atomic E-state index is 0.209. The molecule has 0 aliphatic heterocycles. The Hall–Kier alpha value is -3.51. The van der Waals surface area contributed by atoms with Crippen LogP contribution in [0.3, 0.4) is 0 Å². The molecule has 0 bridgehead atoms. The summed E-state index contributed by atoms with van der Waals surface area (Å²) in [4.78, 5) is 29.1. The van der Waals surface area contributed by atoms with E-state index < -0.39 is 0 Å². The van der Waals surface area contributed by atoms with Crippen LogP contribution in [-0.2, 0) is 0 Å². The van der Waals surface area contributed by atoms with E-state index >= 15 is 0 Å². The summed E-state index contributed by atoms with van der Waals surface area (Å²) in [6.07, 6.45) is 3.33. The Labute approximate surface area is 170 Å². The monoisotopic (exact) mass is 402 g/mol. The SMILES string of the molecule is Cc1cnc2c(Cl)cc(-c3nc4c(=O)cc[nH]c4nc3-c3ccc(C)o3)cc2c1. The topological polar surface area (TPSA) is 84.7 Å². The summed E-state index contributed by atoms with van der Waals surface area (Å²) in [6.45, 7) is 3.83. The molecule has 1 aromatic carbocycles. The van der Waals surface area contributed by atoms with Gasteiger partial charge in [0.25, 0.3) is 0 Å². The fraction of sp³-hybridized carbons (Fsp3) is 0.0909. The maximum absolute atomic E-state index is 12.4. The van der Waals surface area contributed by atoms with Crippen LogP contribution in [0.4, 0.5) is 0 Å². The molecule has 0 radical (unpaired) electrons. The van der Waals surface area contributed by atoms with Crippen molar-refractivity contribution in [1.29, 1.82) is 0 Å². The number of nitrogens with one attached hydrogen (secondary N) is 1. The van der Waals surface area contributed by atoms with Gasteiger partial charge < -0.3 is 9.40 Å². The highest BCUT2D eigenvalue weighted by Crippen LogP contribution is 2.35. The van der Waals surface area contributed by atoms with Gasteiger partial charge in [-0.2, -0.15) is 0 Å². The molecule has 5 rings (SSSR count). The van der Waals surface area contributed by atoms with E-state index in [2.05, 4.69) is 19.9 Å². The number of pyridine rings is 2. The second-order valence-electron chi connectivity index (χ2n) is 6.91. The number of rotatable bonds is 2. The number of nitrogens with zero attached hydrogens (tertiary/aromatic N) is 3. The summed E-state index contributed by atoms with van der Waals surface area (Å²) in [7, 11) is 0. The lowest BCUT2D eigenvalue weighted by Gasteiger charge is -2.10. The van der Waals surface area contributed by atoms with Gasteiger partial charge >= 0.3 is 0 Å². The molecule has 0 unspecified atom stereocenters. The predicted octanol–water partition coefficient (Wildman–Crippen LogP) is 5.06. The van der Waals surface area contributed by atoms with Crippen LogP contribution in [0.1, 0.15) is 11.3 Å². The van der Waals surface area contributed by atoms with Crippen molar-refractivity contribution >= 4 is 33.7 Å². The van der Waals surface area contributed by atoms with Gasteiger partial charge in [0.1, 0.15) is 17.1 Å². The molecule has 4 heterocycles. The fourth-order valence-electron chi connectivity index (χ4n) is 3.37. The smallest absolute Gasteiger partial charge is 0.209 e. The molecule has 29 heavy (non-hydrogen) atoms. The summed E-state index contributed by atoms with van der Waals surface area (Å²) in [5.74, 6) is 1.32. The number of aromatic amines is 1. The van der Waals surface area contributed by atoms with E-state index in [1.54, 1.807) is 18.5 Å². The van der Waals surface area contributed by atoms with E-state index in [1.165, 1.54) is 6.07 Å². The van der Waals surface area contributed by atoms with Crippen LogP contribution in [0.5, 0.6) is 0 Å². The van der Waals surface area contributed by atoms with Crippen LogP contribution in [0.25, 0.3) is 44.8 Å². The average molecular weight is 403 g/mol. The molecular formula is C22H15ClN4O2. The molecule has 0 fully saturated rings. The van der Waals surface area contributed by atoms with Gasteiger partial charge in [0.15, 0.2) is 16.9 Å². The summed E-state index contributed by atoms with van der Waals surface area (Å²) < 4.78 is 5.81. The van der Waals surface area contributed by atoms with E-state index in [9.17, 15) is 4.79 Å². The lowest BCUT2D eigenvalue weighted by Crippen LogP contribution is -2.06. The van der Waals surface area contributed by atoms with Crippen LogP contribution < -0.4 is 5.43 Å². The zero-order chi connectivity index (χ0) is 20.1. The summed E-state index contributed by atoms with van der Waals surface area (Å²) in [5, 5.41) is 1.39. The van der Waals surface area contributed by atoms with Crippen LogP contribution in [0.15, 0.2) is 58.0 Å². The molecule has 1 N–H and O–H groups in total.